The summed E-state index contributed by atoms with van der Waals surface area (Å²) in [5.41, 5.74) is 1.97. The van der Waals surface area contributed by atoms with Crippen molar-refractivity contribution >= 4 is 23.6 Å². The van der Waals surface area contributed by atoms with Crippen LogP contribution in [0.3, 0.4) is 0 Å². The second kappa shape index (κ2) is 10.8. The third kappa shape index (κ3) is 5.90. The summed E-state index contributed by atoms with van der Waals surface area (Å²) in [6.45, 7) is 7.55. The smallest absolute Gasteiger partial charge is 0.262 e. The molecule has 0 saturated carbocycles. The van der Waals surface area contributed by atoms with Crippen LogP contribution in [0.5, 0.6) is 11.5 Å². The van der Waals surface area contributed by atoms with Gasteiger partial charge in [-0.2, -0.15) is 0 Å². The first-order valence-electron chi connectivity index (χ1n) is 11.0. The molecule has 6 nitrogen and oxygen atoms in total. The van der Waals surface area contributed by atoms with E-state index in [4.69, 9.17) is 9.47 Å². The van der Waals surface area contributed by atoms with Gasteiger partial charge in [0, 0.05) is 13.1 Å². The molecule has 0 radical (unpaired) electrons. The van der Waals surface area contributed by atoms with Crippen LogP contribution < -0.4 is 14.8 Å². The Balaban J connectivity index is 1.67. The molecule has 170 valence electrons. The van der Waals surface area contributed by atoms with Crippen molar-refractivity contribution in [2.24, 2.45) is 11.8 Å². The largest absolute Gasteiger partial charge is 0.493 e. The fourth-order valence-electron chi connectivity index (χ4n) is 4.21. The number of allylic oxidation sites excluding steroid dienone is 1. The van der Waals surface area contributed by atoms with Crippen LogP contribution >= 0.6 is 0 Å². The summed E-state index contributed by atoms with van der Waals surface area (Å²) in [5.74, 6) is 1.57. The number of carbonyl (C=O) groups is 2. The van der Waals surface area contributed by atoms with Crippen molar-refractivity contribution in [3.8, 4) is 11.5 Å². The normalized spacial score (nSPS) is 18.4. The molecule has 0 spiro atoms. The van der Waals surface area contributed by atoms with Crippen LogP contribution in [0.15, 0.2) is 48.5 Å². The minimum absolute atomic E-state index is 0.0542. The second-order valence-electron chi connectivity index (χ2n) is 8.45. The molecule has 1 saturated heterocycles. The summed E-state index contributed by atoms with van der Waals surface area (Å²) in [5, 5.41) is 2.83. The molecular formula is C26H32N2O4. The Morgan fingerprint density at radius 3 is 2.50 bits per heavy atom. The molecule has 1 aliphatic heterocycles. The Bertz CT molecular complexity index is 976. The highest BCUT2D eigenvalue weighted by molar-refractivity contribution is 6.04. The first-order valence-corrected chi connectivity index (χ1v) is 11.0. The van der Waals surface area contributed by atoms with E-state index in [0.717, 1.165) is 25.1 Å². The maximum Gasteiger partial charge on any atom is 0.262 e. The van der Waals surface area contributed by atoms with E-state index >= 15 is 0 Å². The van der Waals surface area contributed by atoms with E-state index < -0.39 is 0 Å². The number of hydrogen-bond donors (Lipinski definition) is 1. The predicted molar refractivity (Wildman–Crippen MR) is 127 cm³/mol. The Morgan fingerprint density at radius 1 is 1.09 bits per heavy atom. The lowest BCUT2D eigenvalue weighted by Gasteiger charge is -2.35. The molecule has 0 aliphatic carbocycles. The van der Waals surface area contributed by atoms with Gasteiger partial charge in [0.1, 0.15) is 0 Å². The van der Waals surface area contributed by atoms with Gasteiger partial charge >= 0.3 is 0 Å². The van der Waals surface area contributed by atoms with Crippen LogP contribution in [0.1, 0.15) is 43.1 Å². The molecule has 32 heavy (non-hydrogen) atoms. The van der Waals surface area contributed by atoms with Crippen LogP contribution in [0, 0.1) is 11.8 Å². The Kier molecular flexibility index (Phi) is 7.92. The van der Waals surface area contributed by atoms with Crippen molar-refractivity contribution in [3.63, 3.8) is 0 Å². The highest BCUT2D eigenvalue weighted by Gasteiger charge is 2.27. The van der Waals surface area contributed by atoms with Crippen molar-refractivity contribution in [1.82, 2.24) is 4.90 Å². The van der Waals surface area contributed by atoms with Gasteiger partial charge in [-0.3, -0.25) is 9.59 Å². The lowest BCUT2D eigenvalue weighted by Crippen LogP contribution is -2.42. The van der Waals surface area contributed by atoms with E-state index in [2.05, 4.69) is 19.2 Å². The molecular weight excluding hydrogens is 404 g/mol. The molecule has 1 heterocycles. The fraction of sp³-hybridized carbons (Fsp3) is 0.385. The number of piperidine rings is 1. The van der Waals surface area contributed by atoms with Crippen molar-refractivity contribution < 1.29 is 19.1 Å². The molecule has 3 rings (SSSR count). The van der Waals surface area contributed by atoms with Gasteiger partial charge < -0.3 is 19.7 Å². The van der Waals surface area contributed by atoms with Gasteiger partial charge in [-0.1, -0.05) is 44.2 Å². The van der Waals surface area contributed by atoms with Crippen molar-refractivity contribution in [3.05, 3.63) is 59.7 Å². The zero-order valence-electron chi connectivity index (χ0n) is 19.3. The van der Waals surface area contributed by atoms with Crippen molar-refractivity contribution in [2.75, 3.05) is 32.1 Å². The van der Waals surface area contributed by atoms with E-state index in [0.29, 0.717) is 34.6 Å². The van der Waals surface area contributed by atoms with E-state index in [-0.39, 0.29) is 18.4 Å². The van der Waals surface area contributed by atoms with Crippen LogP contribution in [0.2, 0.25) is 0 Å². The summed E-state index contributed by atoms with van der Waals surface area (Å²) in [6.07, 6.45) is 5.02. The van der Waals surface area contributed by atoms with E-state index in [1.807, 2.05) is 42.2 Å². The maximum absolute atomic E-state index is 13.2. The van der Waals surface area contributed by atoms with Gasteiger partial charge in [0.25, 0.3) is 11.8 Å². The number of nitrogens with zero attached hydrogens (tertiary/aromatic N) is 1. The minimum atomic E-state index is -0.342. The maximum atomic E-state index is 13.2. The molecule has 2 aromatic carbocycles. The van der Waals surface area contributed by atoms with Crippen molar-refractivity contribution in [2.45, 2.75) is 27.2 Å². The number of para-hydroxylation sites is 1. The number of rotatable bonds is 7. The average molecular weight is 437 g/mol. The summed E-state index contributed by atoms with van der Waals surface area (Å²) < 4.78 is 11.1. The number of methoxy groups -OCH3 is 1. The predicted octanol–water partition coefficient (Wildman–Crippen LogP) is 4.86. The molecule has 1 aliphatic rings. The number of amides is 2. The fourth-order valence-corrected chi connectivity index (χ4v) is 4.21. The minimum Gasteiger partial charge on any atom is -0.493 e. The summed E-state index contributed by atoms with van der Waals surface area (Å²) in [7, 11) is 1.56. The lowest BCUT2D eigenvalue weighted by molar-refractivity contribution is -0.118. The molecule has 1 N–H and O–H groups in total. The third-order valence-electron chi connectivity index (χ3n) is 5.49. The molecule has 2 atom stereocenters. The number of likely N-dealkylation sites (tertiary alicyclic amines) is 1. The highest BCUT2D eigenvalue weighted by Crippen LogP contribution is 2.29. The van der Waals surface area contributed by atoms with Crippen LogP contribution in [-0.2, 0) is 4.79 Å². The molecule has 2 aromatic rings. The summed E-state index contributed by atoms with van der Waals surface area (Å²) in [4.78, 5) is 27.6. The van der Waals surface area contributed by atoms with Crippen LogP contribution in [0.25, 0.3) is 6.08 Å². The lowest BCUT2D eigenvalue weighted by atomic mass is 9.91. The van der Waals surface area contributed by atoms with Gasteiger partial charge in [-0.25, -0.2) is 0 Å². The van der Waals surface area contributed by atoms with Gasteiger partial charge in [0.15, 0.2) is 18.1 Å². The SMILES string of the molecule is C/C=C/c1ccc(OCC(=O)Nc2ccccc2C(=O)N2CC(C)CC(C)C2)c(OC)c1. The molecule has 2 unspecified atom stereocenters. The second-order valence-corrected chi connectivity index (χ2v) is 8.45. The number of carbonyl (C=O) groups excluding carboxylic acids is 2. The van der Waals surface area contributed by atoms with Crippen molar-refractivity contribution in [1.29, 1.82) is 0 Å². The number of nitrogens with one attached hydrogen (secondary N) is 1. The molecule has 0 aromatic heterocycles. The molecule has 2 amide bonds. The van der Waals surface area contributed by atoms with E-state index in [1.165, 1.54) is 0 Å². The Hall–Kier alpha value is -3.28. The topological polar surface area (TPSA) is 67.9 Å². The molecule has 1 fully saturated rings. The van der Waals surface area contributed by atoms with Gasteiger partial charge in [-0.05, 0) is 55.0 Å². The first-order chi connectivity index (χ1) is 15.4. The van der Waals surface area contributed by atoms with Gasteiger partial charge in [0.2, 0.25) is 0 Å². The summed E-state index contributed by atoms with van der Waals surface area (Å²) in [6, 6.07) is 12.6. The van der Waals surface area contributed by atoms with E-state index in [1.54, 1.807) is 31.4 Å². The Labute approximate surface area is 190 Å². The standard InChI is InChI=1S/C26H32N2O4/c1-5-8-20-11-12-23(24(14-20)31-4)32-17-25(29)27-22-10-7-6-9-21(22)26(30)28-15-18(2)13-19(3)16-28/h5-12,14,18-19H,13,15-17H2,1-4H3,(H,27,29)/b8-5+. The van der Waals surface area contributed by atoms with Crippen LogP contribution in [-0.4, -0.2) is 43.5 Å². The monoisotopic (exact) mass is 436 g/mol. The highest BCUT2D eigenvalue weighted by atomic mass is 16.5. The van der Waals surface area contributed by atoms with Crippen LogP contribution in [0.4, 0.5) is 5.69 Å². The first kappa shape index (κ1) is 23.4. The average Bonchev–Trinajstić information content (AvgIpc) is 2.77. The molecule has 0 bridgehead atoms. The van der Waals surface area contributed by atoms with Gasteiger partial charge in [-0.15, -0.1) is 0 Å². The van der Waals surface area contributed by atoms with Gasteiger partial charge in [0.05, 0.1) is 18.4 Å². The third-order valence-corrected chi connectivity index (χ3v) is 5.49. The number of anilines is 1. The number of benzene rings is 2. The number of ether oxygens (including phenoxy) is 2. The number of hydrogen-bond acceptors (Lipinski definition) is 4. The Morgan fingerprint density at radius 2 is 1.81 bits per heavy atom. The quantitative estimate of drug-likeness (QED) is 0.673. The zero-order chi connectivity index (χ0) is 23.1. The molecule has 6 heteroatoms. The summed E-state index contributed by atoms with van der Waals surface area (Å²) >= 11 is 0. The zero-order valence-corrected chi connectivity index (χ0v) is 19.3. The van der Waals surface area contributed by atoms with E-state index in [9.17, 15) is 9.59 Å².